The molecule has 1 aromatic heterocycles. The lowest BCUT2D eigenvalue weighted by Crippen LogP contribution is -2.75. The second-order valence-electron chi connectivity index (χ2n) is 16.8. The smallest absolute Gasteiger partial charge is 0.194 e. The molecule has 7 rings (SSSR count). The Morgan fingerprint density at radius 1 is 0.276 bits per heavy atom. The van der Waals surface area contributed by atoms with E-state index in [-0.39, 0.29) is 0 Å². The quantitative estimate of drug-likeness (QED) is 0.0851. The first-order valence-electron chi connectivity index (χ1n) is 21.1. The van der Waals surface area contributed by atoms with E-state index in [0.717, 1.165) is 6.54 Å². The van der Waals surface area contributed by atoms with Crippen LogP contribution in [0.1, 0.15) is 50.1 Å². The molecule has 76 heavy (non-hydrogen) atoms. The third-order valence-corrected chi connectivity index (χ3v) is 11.6. The number of alkyl halides is 24. The lowest BCUT2D eigenvalue weighted by molar-refractivity contribution is -0.677. The zero-order chi connectivity index (χ0) is 56.8. The van der Waals surface area contributed by atoms with Gasteiger partial charge in [-0.1, -0.05) is 97.1 Å². The molecule has 26 heteroatoms. The summed E-state index contributed by atoms with van der Waals surface area (Å²) in [6, 6.07) is 18.6. The largest absolute Gasteiger partial charge is 0.416 e. The molecule has 0 radical (unpaired) electrons. The van der Waals surface area contributed by atoms with Gasteiger partial charge in [0.1, 0.15) is 6.15 Å². The highest BCUT2D eigenvalue weighted by Gasteiger charge is 2.47. The molecule has 0 saturated heterocycles. The summed E-state index contributed by atoms with van der Waals surface area (Å²) < 4.78 is 343. The van der Waals surface area contributed by atoms with Crippen molar-refractivity contribution in [2.75, 3.05) is 0 Å². The van der Waals surface area contributed by atoms with Gasteiger partial charge in [-0.05, 0) is 42.5 Å². The van der Waals surface area contributed by atoms with Crippen LogP contribution in [-0.4, -0.2) is 6.15 Å². The van der Waals surface area contributed by atoms with Gasteiger partial charge in [0, 0.05) is 23.3 Å². The van der Waals surface area contributed by atoms with Crippen LogP contribution in [0.3, 0.4) is 0 Å². The van der Waals surface area contributed by atoms with Gasteiger partial charge in [0.15, 0.2) is 12.7 Å². The predicted octanol–water partition coefficient (Wildman–Crippen LogP) is 14.9. The normalized spacial score (nSPS) is 13.3. The Bertz CT molecular complexity index is 2720. The summed E-state index contributed by atoms with van der Waals surface area (Å²) in [6.45, 7) is 0.895. The van der Waals surface area contributed by atoms with Crippen LogP contribution in [0.4, 0.5) is 105 Å². The Morgan fingerprint density at radius 2 is 0.513 bits per heavy atom. The number of hydrogen-bond acceptors (Lipinski definition) is 0. The molecule has 0 unspecified atom stereocenters. The second-order valence-corrected chi connectivity index (χ2v) is 16.8. The van der Waals surface area contributed by atoms with Crippen molar-refractivity contribution in [3.8, 4) is 11.3 Å². The summed E-state index contributed by atoms with van der Waals surface area (Å²) in [5.41, 5.74) is -26.4. The zero-order valence-corrected chi connectivity index (χ0v) is 37.3. The number of pyridine rings is 1. The van der Waals surface area contributed by atoms with Crippen LogP contribution in [-0.2, 0) is 56.0 Å². The van der Waals surface area contributed by atoms with Gasteiger partial charge in [-0.2, -0.15) is 132 Å². The molecule has 1 nitrogen and oxygen atoms in total. The van der Waals surface area contributed by atoms with E-state index in [1.165, 1.54) is 16.8 Å². The number of hydrogen-bond donors (Lipinski definition) is 0. The van der Waals surface area contributed by atoms with Crippen molar-refractivity contribution in [1.29, 1.82) is 0 Å². The van der Waals surface area contributed by atoms with Crippen molar-refractivity contribution in [1.82, 2.24) is 0 Å². The maximum atomic E-state index is 14.2. The molecule has 0 aliphatic carbocycles. The average molecular weight is 1110 g/mol. The number of benzene rings is 6. The summed E-state index contributed by atoms with van der Waals surface area (Å²) in [5, 5.41) is 0. The van der Waals surface area contributed by atoms with E-state index >= 15 is 0 Å². The van der Waals surface area contributed by atoms with Gasteiger partial charge in [-0.25, -0.2) is 0 Å². The van der Waals surface area contributed by atoms with Gasteiger partial charge in [0.25, 0.3) is 0 Å². The molecule has 404 valence electrons. The minimum atomic E-state index is -6.13. The van der Waals surface area contributed by atoms with Crippen LogP contribution in [0.2, 0.25) is 0 Å². The van der Waals surface area contributed by atoms with Crippen molar-refractivity contribution in [3.63, 3.8) is 0 Å². The van der Waals surface area contributed by atoms with E-state index in [0.29, 0.717) is 0 Å². The van der Waals surface area contributed by atoms with Crippen LogP contribution in [0.25, 0.3) is 11.3 Å². The molecule has 0 amide bonds. The number of aromatic nitrogens is 1. The molecule has 1 heterocycles. The first-order chi connectivity index (χ1) is 34.7. The van der Waals surface area contributed by atoms with Gasteiger partial charge in [-0.15, -0.1) is 0 Å². The zero-order valence-electron chi connectivity index (χ0n) is 37.3. The first-order valence-corrected chi connectivity index (χ1v) is 21.1. The van der Waals surface area contributed by atoms with Crippen molar-refractivity contribution in [2.24, 2.45) is 0 Å². The van der Waals surface area contributed by atoms with Crippen molar-refractivity contribution in [2.45, 2.75) is 56.0 Å². The first kappa shape index (κ1) is 58.1. The van der Waals surface area contributed by atoms with E-state index in [1.807, 2.05) is 6.07 Å². The van der Waals surface area contributed by atoms with Crippen LogP contribution in [0.5, 0.6) is 0 Å². The van der Waals surface area contributed by atoms with E-state index in [2.05, 4.69) is 83.6 Å². The van der Waals surface area contributed by atoms with Gasteiger partial charge < -0.3 is 0 Å². The average Bonchev–Trinajstić information content (AvgIpc) is 3.30. The monoisotopic (exact) mass is 1110 g/mol. The summed E-state index contributed by atoms with van der Waals surface area (Å²) >= 11 is 0. The fraction of sp³-hybridized carbons (Fsp3) is 0.180. The minimum Gasteiger partial charge on any atom is -0.194 e. The van der Waals surface area contributed by atoms with Crippen molar-refractivity contribution >= 4 is 28.0 Å². The molecule has 0 aliphatic rings. The summed E-state index contributed by atoms with van der Waals surface area (Å²) in [7, 11) is 0. The van der Waals surface area contributed by atoms with Crippen molar-refractivity contribution in [3.05, 3.63) is 208 Å². The van der Waals surface area contributed by atoms with Crippen LogP contribution >= 0.6 is 0 Å². The molecule has 0 N–H and O–H groups in total. The molecule has 6 aromatic carbocycles. The lowest BCUT2D eigenvalue weighted by atomic mass is 9.12. The molecule has 0 atom stereocenters. The Hall–Kier alpha value is -7.15. The van der Waals surface area contributed by atoms with Gasteiger partial charge in [0.2, 0.25) is 5.69 Å². The minimum absolute atomic E-state index is 0.691. The molecule has 0 saturated carbocycles. The van der Waals surface area contributed by atoms with Crippen LogP contribution < -0.4 is 26.4 Å². The fourth-order valence-corrected chi connectivity index (χ4v) is 8.34. The third-order valence-electron chi connectivity index (χ3n) is 11.6. The second kappa shape index (κ2) is 20.4. The summed E-state index contributed by atoms with van der Waals surface area (Å²) in [5.74, 6) is 0. The van der Waals surface area contributed by atoms with Gasteiger partial charge in [-0.3, -0.25) is 0 Å². The standard InChI is InChI=1S/C32H12BF24.C18H16N/c34-25(35,36)13-1-14(26(37,38)39)6-21(5-13)33(22-7-15(27(40,41)42)2-16(8-22)28(43,44)45,23-9-17(29(46,47)48)3-18(10-23)30(49,50)51)24-11-19(31(52,53)54)4-20(12-24)32(55,56)57;1-3-9-16(10-4-1)15-19-14-8-7-13-18(19)17-11-5-2-6-12-17/h1-12H;1-14H,15H2/q-1;+1. The molecule has 0 fully saturated rings. The molecular formula is C50H28BF24N. The lowest BCUT2D eigenvalue weighted by Gasteiger charge is -2.46. The van der Waals surface area contributed by atoms with E-state index in [1.54, 1.807) is 0 Å². The van der Waals surface area contributed by atoms with Crippen molar-refractivity contribution < 1.29 is 110 Å². The Morgan fingerprint density at radius 3 is 0.763 bits per heavy atom. The topological polar surface area (TPSA) is 3.88 Å². The molecule has 7 aromatic rings. The Kier molecular flexibility index (Phi) is 15.6. The van der Waals surface area contributed by atoms with Crippen LogP contribution in [0, 0.1) is 0 Å². The third kappa shape index (κ3) is 13.3. The SMILES string of the molecule is FC(F)(F)c1cc([B-](c2cc(C(F)(F)F)cc(C(F)(F)F)c2)(c2cc(C(F)(F)F)cc(C(F)(F)F)c2)c2cc(C(F)(F)F)cc(C(F)(F)F)c2)cc(C(F)(F)F)c1.c1ccc(C[n+]2ccccc2-c2ccccc2)cc1. The van der Waals surface area contributed by atoms with E-state index < -0.39 is 195 Å². The fourth-order valence-electron chi connectivity index (χ4n) is 8.34. The highest BCUT2D eigenvalue weighted by molar-refractivity contribution is 7.20. The summed E-state index contributed by atoms with van der Waals surface area (Å²) in [4.78, 5) is 0. The maximum absolute atomic E-state index is 14.2. The molecule has 0 aliphatic heterocycles. The number of halogens is 24. The van der Waals surface area contributed by atoms with E-state index in [9.17, 15) is 105 Å². The molecule has 0 spiro atoms. The molecular weight excluding hydrogens is 1080 g/mol. The van der Waals surface area contributed by atoms with Gasteiger partial charge in [0.05, 0.1) is 44.5 Å². The highest BCUT2D eigenvalue weighted by atomic mass is 19.4. The number of nitrogens with zero attached hydrogens (tertiary/aromatic N) is 1. The highest BCUT2D eigenvalue weighted by Crippen LogP contribution is 2.41. The van der Waals surface area contributed by atoms with Crippen LogP contribution in [0.15, 0.2) is 158 Å². The summed E-state index contributed by atoms with van der Waals surface area (Å²) in [6.07, 6.45) is -52.7. The molecule has 0 bridgehead atoms. The van der Waals surface area contributed by atoms with E-state index in [4.69, 9.17) is 0 Å². The van der Waals surface area contributed by atoms with Gasteiger partial charge >= 0.3 is 49.4 Å². The number of rotatable bonds is 7. The predicted molar refractivity (Wildman–Crippen MR) is 228 cm³/mol. The Labute approximate surface area is 412 Å². The Balaban J connectivity index is 0.000000408. The maximum Gasteiger partial charge on any atom is 0.416 e.